The zero-order valence-corrected chi connectivity index (χ0v) is 46.9. The molecule has 0 aliphatic heterocycles. The summed E-state index contributed by atoms with van der Waals surface area (Å²) in [6.45, 7) is 6.44. The topological polar surface area (TPSA) is 78.9 Å². The maximum Gasteiger partial charge on any atom is 0.306 e. The molecular weight excluding hydrogens is 889 g/mol. The Labute approximate surface area is 444 Å². The smallest absolute Gasteiger partial charge is 0.306 e. The van der Waals surface area contributed by atoms with Crippen molar-refractivity contribution in [1.29, 1.82) is 0 Å². The molecule has 410 valence electrons. The Hall–Kier alpha value is -3.93. The monoisotopic (exact) mass is 999 g/mol. The van der Waals surface area contributed by atoms with Crippen LogP contribution in [-0.4, -0.2) is 37.2 Å². The minimum Gasteiger partial charge on any atom is -0.462 e. The van der Waals surface area contributed by atoms with Crippen LogP contribution in [0.5, 0.6) is 0 Å². The van der Waals surface area contributed by atoms with E-state index in [9.17, 15) is 14.4 Å². The van der Waals surface area contributed by atoms with Gasteiger partial charge >= 0.3 is 17.9 Å². The van der Waals surface area contributed by atoms with Gasteiger partial charge in [-0.25, -0.2) is 0 Å². The second kappa shape index (κ2) is 59.6. The lowest BCUT2D eigenvalue weighted by Gasteiger charge is -2.18. The summed E-state index contributed by atoms with van der Waals surface area (Å²) in [5.41, 5.74) is 0. The van der Waals surface area contributed by atoms with Crippen LogP contribution >= 0.6 is 0 Å². The van der Waals surface area contributed by atoms with Crippen molar-refractivity contribution < 1.29 is 28.6 Å². The average Bonchev–Trinajstić information content (AvgIpc) is 3.38. The summed E-state index contributed by atoms with van der Waals surface area (Å²) in [5.74, 6) is -0.960. The van der Waals surface area contributed by atoms with Crippen molar-refractivity contribution >= 4 is 17.9 Å². The average molecular weight is 1000 g/mol. The first-order valence-electron chi connectivity index (χ1n) is 30.0. The van der Waals surface area contributed by atoms with Crippen LogP contribution in [0.3, 0.4) is 0 Å². The van der Waals surface area contributed by atoms with Gasteiger partial charge < -0.3 is 14.2 Å². The van der Waals surface area contributed by atoms with Crippen LogP contribution in [0.1, 0.15) is 271 Å². The molecule has 0 aliphatic carbocycles. The van der Waals surface area contributed by atoms with Crippen LogP contribution in [0, 0.1) is 0 Å². The molecule has 0 aromatic rings. The third kappa shape index (κ3) is 57.0. The first-order valence-corrected chi connectivity index (χ1v) is 30.0. The van der Waals surface area contributed by atoms with E-state index >= 15 is 0 Å². The zero-order chi connectivity index (χ0) is 52.2. The predicted octanol–water partition coefficient (Wildman–Crippen LogP) is 20.3. The Morgan fingerprint density at radius 3 is 0.861 bits per heavy atom. The van der Waals surface area contributed by atoms with Crippen molar-refractivity contribution in [1.82, 2.24) is 0 Å². The van der Waals surface area contributed by atoms with Gasteiger partial charge in [-0.05, 0) is 64.2 Å². The fourth-order valence-electron chi connectivity index (χ4n) is 8.24. The van der Waals surface area contributed by atoms with Gasteiger partial charge in [-0.15, -0.1) is 0 Å². The number of carbonyl (C=O) groups excluding carboxylic acids is 3. The van der Waals surface area contributed by atoms with Gasteiger partial charge in [0.15, 0.2) is 6.10 Å². The first kappa shape index (κ1) is 68.1. The highest BCUT2D eigenvalue weighted by molar-refractivity contribution is 5.71. The third-order valence-corrected chi connectivity index (χ3v) is 12.7. The number of rotatable bonds is 53. The highest BCUT2D eigenvalue weighted by atomic mass is 16.6. The number of hydrogen-bond donors (Lipinski definition) is 0. The number of allylic oxidation sites excluding steroid dienone is 18. The molecule has 0 aromatic carbocycles. The largest absolute Gasteiger partial charge is 0.462 e. The summed E-state index contributed by atoms with van der Waals surface area (Å²) < 4.78 is 16.8. The quantitative estimate of drug-likeness (QED) is 0.0261. The molecule has 1 unspecified atom stereocenters. The third-order valence-electron chi connectivity index (χ3n) is 12.7. The standard InChI is InChI=1S/C66H110O6/c1-4-7-10-13-16-19-22-25-28-31-33-36-38-41-44-47-50-53-56-59-65(68)71-62-63(61-70-64(67)58-55-52-49-46-43-40-37-34-30-27-24-21-18-15-12-9-6-3)72-66(69)60-57-54-51-48-45-42-39-35-32-29-26-23-20-17-14-11-8-5-2/h9,12,15,18,21,23-24,26-27,29-30,32,34-35,37,39-40,43,63H,4-8,10-11,13-14,16-17,19-20,22,25,28,31,33,36,38,41-42,44-62H2,1-3H3/b12-9-,18-15-,24-21-,26-23-,30-27-,32-29-,37-34+,39-35-,43-40-. The van der Waals surface area contributed by atoms with Gasteiger partial charge in [0.25, 0.3) is 0 Å². The second-order valence-corrected chi connectivity index (χ2v) is 19.7. The van der Waals surface area contributed by atoms with Crippen molar-refractivity contribution in [2.24, 2.45) is 0 Å². The molecule has 72 heavy (non-hydrogen) atoms. The molecule has 0 N–H and O–H groups in total. The number of hydrogen-bond acceptors (Lipinski definition) is 6. The predicted molar refractivity (Wildman–Crippen MR) is 311 cm³/mol. The normalized spacial score (nSPS) is 12.9. The van der Waals surface area contributed by atoms with Gasteiger partial charge in [0, 0.05) is 19.3 Å². The lowest BCUT2D eigenvalue weighted by atomic mass is 10.0. The van der Waals surface area contributed by atoms with Crippen LogP contribution < -0.4 is 0 Å². The lowest BCUT2D eigenvalue weighted by molar-refractivity contribution is -0.167. The van der Waals surface area contributed by atoms with Crippen molar-refractivity contribution in [2.75, 3.05) is 13.2 Å². The molecule has 0 radical (unpaired) electrons. The molecule has 0 saturated carbocycles. The van der Waals surface area contributed by atoms with Gasteiger partial charge in [-0.2, -0.15) is 0 Å². The fraction of sp³-hybridized carbons (Fsp3) is 0.682. The number of esters is 3. The van der Waals surface area contributed by atoms with Crippen molar-refractivity contribution in [3.63, 3.8) is 0 Å². The highest BCUT2D eigenvalue weighted by Crippen LogP contribution is 2.16. The minimum atomic E-state index is -0.809. The van der Waals surface area contributed by atoms with E-state index < -0.39 is 6.10 Å². The Balaban J connectivity index is 4.49. The van der Waals surface area contributed by atoms with Gasteiger partial charge in [0.2, 0.25) is 0 Å². The Morgan fingerprint density at radius 2 is 0.542 bits per heavy atom. The molecule has 6 nitrogen and oxygen atoms in total. The summed E-state index contributed by atoms with van der Waals surface area (Å²) >= 11 is 0. The Morgan fingerprint density at radius 1 is 0.292 bits per heavy atom. The summed E-state index contributed by atoms with van der Waals surface area (Å²) in [6.07, 6.45) is 80.8. The van der Waals surface area contributed by atoms with E-state index in [4.69, 9.17) is 14.2 Å². The number of ether oxygens (including phenoxy) is 3. The van der Waals surface area contributed by atoms with Crippen molar-refractivity contribution in [3.8, 4) is 0 Å². The SMILES string of the molecule is CC\C=C/C=C\C=C/C=C\C=C\C=C/CCCCCC(=O)OCC(COC(=O)CCCCCCCCCCCCCCCCCCCCC)OC(=O)CCCCCCC\C=C/C=C\C=C/CCCCCCC. The highest BCUT2D eigenvalue weighted by Gasteiger charge is 2.19. The van der Waals surface area contributed by atoms with Gasteiger partial charge in [0.05, 0.1) is 0 Å². The van der Waals surface area contributed by atoms with E-state index in [0.717, 1.165) is 96.3 Å². The summed E-state index contributed by atoms with van der Waals surface area (Å²) in [6, 6.07) is 0. The van der Waals surface area contributed by atoms with E-state index in [-0.39, 0.29) is 31.1 Å². The van der Waals surface area contributed by atoms with Crippen LogP contribution in [0.4, 0.5) is 0 Å². The van der Waals surface area contributed by atoms with Crippen LogP contribution in [-0.2, 0) is 28.6 Å². The zero-order valence-electron chi connectivity index (χ0n) is 46.9. The van der Waals surface area contributed by atoms with Crippen LogP contribution in [0.15, 0.2) is 109 Å². The molecule has 0 spiro atoms. The minimum absolute atomic E-state index is 0.101. The van der Waals surface area contributed by atoms with E-state index in [1.165, 1.54) is 135 Å². The van der Waals surface area contributed by atoms with Gasteiger partial charge in [0.1, 0.15) is 13.2 Å². The van der Waals surface area contributed by atoms with E-state index in [0.29, 0.717) is 19.3 Å². The molecule has 0 aromatic heterocycles. The van der Waals surface area contributed by atoms with Crippen molar-refractivity contribution in [2.45, 2.75) is 277 Å². The molecule has 6 heteroatoms. The molecule has 0 heterocycles. The summed E-state index contributed by atoms with van der Waals surface area (Å²) in [7, 11) is 0. The molecule has 1 atom stereocenters. The van der Waals surface area contributed by atoms with Crippen LogP contribution in [0.25, 0.3) is 0 Å². The van der Waals surface area contributed by atoms with Crippen LogP contribution in [0.2, 0.25) is 0 Å². The molecule has 0 rings (SSSR count). The Kier molecular flexibility index (Phi) is 56.4. The molecule has 0 fully saturated rings. The molecule has 0 aliphatic rings. The lowest BCUT2D eigenvalue weighted by Crippen LogP contribution is -2.30. The molecule has 0 bridgehead atoms. The molecule has 0 saturated heterocycles. The summed E-state index contributed by atoms with van der Waals surface area (Å²) in [5, 5.41) is 0. The number of unbranched alkanes of at least 4 members (excludes halogenated alkanes) is 31. The van der Waals surface area contributed by atoms with E-state index in [1.54, 1.807) is 0 Å². The van der Waals surface area contributed by atoms with Gasteiger partial charge in [-0.1, -0.05) is 297 Å². The Bertz CT molecular complexity index is 1470. The number of carbonyl (C=O) groups is 3. The molecular formula is C66H110O6. The van der Waals surface area contributed by atoms with E-state index in [2.05, 4.69) is 69.4 Å². The van der Waals surface area contributed by atoms with E-state index in [1.807, 2.05) is 60.8 Å². The fourth-order valence-corrected chi connectivity index (χ4v) is 8.24. The first-order chi connectivity index (χ1) is 35.5. The second-order valence-electron chi connectivity index (χ2n) is 19.7. The molecule has 0 amide bonds. The maximum absolute atomic E-state index is 12.9. The summed E-state index contributed by atoms with van der Waals surface area (Å²) in [4.78, 5) is 38.2. The van der Waals surface area contributed by atoms with Gasteiger partial charge in [-0.3, -0.25) is 14.4 Å². The maximum atomic E-state index is 12.9. The van der Waals surface area contributed by atoms with Crippen molar-refractivity contribution in [3.05, 3.63) is 109 Å².